The van der Waals surface area contributed by atoms with Crippen molar-refractivity contribution < 1.29 is 18.9 Å². The molecule has 1 heterocycles. The first-order chi connectivity index (χ1) is 12.9. The van der Waals surface area contributed by atoms with E-state index >= 15 is 0 Å². The summed E-state index contributed by atoms with van der Waals surface area (Å²) in [4.78, 5) is 4.49. The molecule has 0 aromatic heterocycles. The molecule has 0 N–H and O–H groups in total. The molecule has 0 radical (unpaired) electrons. The third kappa shape index (κ3) is 13.1. The van der Waals surface area contributed by atoms with Gasteiger partial charge in [0.25, 0.3) is 0 Å². The van der Waals surface area contributed by atoms with Crippen molar-refractivity contribution in [3.63, 3.8) is 0 Å². The minimum Gasteiger partial charge on any atom is -0.378 e. The first kappa shape index (κ1) is 22.9. The molecule has 0 aromatic carbocycles. The van der Waals surface area contributed by atoms with Crippen LogP contribution in [0.5, 0.6) is 0 Å². The van der Waals surface area contributed by atoms with Crippen molar-refractivity contribution in [2.75, 3.05) is 92.1 Å². The summed E-state index contributed by atoms with van der Waals surface area (Å²) in [5.74, 6) is 12.1. The standard InChI is InChI=1S/C20H34N2O4/c1-3-5-7-21-9-13-23-17-19-25-15-11-22(8-6-4-2)12-16-26-20-18-24-14-10-21/h7-20H2,1-2H3. The highest BCUT2D eigenvalue weighted by molar-refractivity contribution is 4.98. The Morgan fingerprint density at radius 3 is 1.12 bits per heavy atom. The van der Waals surface area contributed by atoms with E-state index in [2.05, 4.69) is 33.5 Å². The van der Waals surface area contributed by atoms with Gasteiger partial charge in [0.2, 0.25) is 0 Å². The molecule has 0 spiro atoms. The largest absolute Gasteiger partial charge is 0.378 e. The topological polar surface area (TPSA) is 43.4 Å². The molecule has 1 aliphatic rings. The molecule has 0 saturated carbocycles. The minimum absolute atomic E-state index is 0.613. The van der Waals surface area contributed by atoms with Crippen LogP contribution in [0.15, 0.2) is 0 Å². The summed E-state index contributed by atoms with van der Waals surface area (Å²) < 4.78 is 22.7. The van der Waals surface area contributed by atoms with Crippen LogP contribution in [0.1, 0.15) is 13.8 Å². The Hall–Kier alpha value is -1.12. The lowest BCUT2D eigenvalue weighted by Crippen LogP contribution is -2.33. The summed E-state index contributed by atoms with van der Waals surface area (Å²) in [7, 11) is 0. The maximum absolute atomic E-state index is 5.67. The third-order valence-electron chi connectivity index (χ3n) is 3.91. The lowest BCUT2D eigenvalue weighted by Gasteiger charge is -2.21. The van der Waals surface area contributed by atoms with Gasteiger partial charge in [-0.1, -0.05) is 11.8 Å². The first-order valence-electron chi connectivity index (χ1n) is 9.41. The summed E-state index contributed by atoms with van der Waals surface area (Å²) in [5.41, 5.74) is 0. The van der Waals surface area contributed by atoms with E-state index in [1.54, 1.807) is 0 Å². The normalized spacial score (nSPS) is 20.7. The number of ether oxygens (including phenoxy) is 4. The highest BCUT2D eigenvalue weighted by Gasteiger charge is 2.06. The predicted molar refractivity (Wildman–Crippen MR) is 103 cm³/mol. The van der Waals surface area contributed by atoms with Crippen molar-refractivity contribution >= 4 is 0 Å². The Labute approximate surface area is 159 Å². The van der Waals surface area contributed by atoms with Crippen molar-refractivity contribution in [1.29, 1.82) is 0 Å². The number of hydrogen-bond acceptors (Lipinski definition) is 6. The monoisotopic (exact) mass is 366 g/mol. The second-order valence-electron chi connectivity index (χ2n) is 5.86. The van der Waals surface area contributed by atoms with Crippen molar-refractivity contribution in [2.24, 2.45) is 0 Å². The van der Waals surface area contributed by atoms with Crippen LogP contribution in [0.25, 0.3) is 0 Å². The van der Waals surface area contributed by atoms with E-state index in [0.717, 1.165) is 39.3 Å². The van der Waals surface area contributed by atoms with Gasteiger partial charge in [0.05, 0.1) is 65.9 Å². The lowest BCUT2D eigenvalue weighted by atomic mass is 10.4. The Morgan fingerprint density at radius 2 is 0.846 bits per heavy atom. The fraction of sp³-hybridized carbons (Fsp3) is 0.800. The van der Waals surface area contributed by atoms with Crippen LogP contribution in [-0.2, 0) is 18.9 Å². The van der Waals surface area contributed by atoms with Gasteiger partial charge in [-0.15, -0.1) is 11.8 Å². The van der Waals surface area contributed by atoms with E-state index in [9.17, 15) is 0 Å². The summed E-state index contributed by atoms with van der Waals surface area (Å²) in [5, 5.41) is 0. The maximum Gasteiger partial charge on any atom is 0.0701 e. The van der Waals surface area contributed by atoms with Gasteiger partial charge in [-0.3, -0.25) is 9.80 Å². The Kier molecular flexibility index (Phi) is 15.3. The third-order valence-corrected chi connectivity index (χ3v) is 3.91. The van der Waals surface area contributed by atoms with Crippen molar-refractivity contribution in [2.45, 2.75) is 13.8 Å². The van der Waals surface area contributed by atoms with E-state index in [4.69, 9.17) is 18.9 Å². The van der Waals surface area contributed by atoms with Gasteiger partial charge in [0, 0.05) is 26.2 Å². The predicted octanol–water partition coefficient (Wildman–Crippen LogP) is 0.717. The van der Waals surface area contributed by atoms with Gasteiger partial charge < -0.3 is 18.9 Å². The van der Waals surface area contributed by atoms with Crippen LogP contribution in [0, 0.1) is 23.7 Å². The maximum atomic E-state index is 5.67. The zero-order valence-corrected chi connectivity index (χ0v) is 16.4. The molecule has 6 heteroatoms. The van der Waals surface area contributed by atoms with E-state index in [1.807, 2.05) is 13.8 Å². The average Bonchev–Trinajstić information content (AvgIpc) is 2.65. The molecule has 0 amide bonds. The van der Waals surface area contributed by atoms with E-state index < -0.39 is 0 Å². The minimum atomic E-state index is 0.613. The van der Waals surface area contributed by atoms with Gasteiger partial charge >= 0.3 is 0 Å². The molecule has 1 fully saturated rings. The molecule has 0 aromatic rings. The molecule has 0 aliphatic carbocycles. The smallest absolute Gasteiger partial charge is 0.0701 e. The summed E-state index contributed by atoms with van der Waals surface area (Å²) in [6, 6.07) is 0. The fourth-order valence-electron chi connectivity index (χ4n) is 2.34. The van der Waals surface area contributed by atoms with Gasteiger partial charge in [0.15, 0.2) is 0 Å². The zero-order chi connectivity index (χ0) is 18.7. The van der Waals surface area contributed by atoms with E-state index in [-0.39, 0.29) is 0 Å². The molecule has 1 saturated heterocycles. The van der Waals surface area contributed by atoms with Crippen LogP contribution >= 0.6 is 0 Å². The van der Waals surface area contributed by atoms with Gasteiger partial charge in [-0.2, -0.15) is 0 Å². The average molecular weight is 367 g/mol. The molecule has 1 rings (SSSR count). The van der Waals surface area contributed by atoms with Crippen LogP contribution in [-0.4, -0.2) is 102 Å². The Morgan fingerprint density at radius 1 is 0.538 bits per heavy atom. The number of rotatable bonds is 2. The van der Waals surface area contributed by atoms with Crippen LogP contribution < -0.4 is 0 Å². The number of nitrogens with zero attached hydrogens (tertiary/aromatic N) is 2. The van der Waals surface area contributed by atoms with Crippen LogP contribution in [0.4, 0.5) is 0 Å². The van der Waals surface area contributed by atoms with Gasteiger partial charge in [-0.05, 0) is 13.8 Å². The lowest BCUT2D eigenvalue weighted by molar-refractivity contribution is 0.0110. The molecule has 0 unspecified atom stereocenters. The summed E-state index contributed by atoms with van der Waals surface area (Å²) >= 11 is 0. The molecule has 0 atom stereocenters. The fourth-order valence-corrected chi connectivity index (χ4v) is 2.34. The molecular weight excluding hydrogens is 332 g/mol. The Bertz CT molecular complexity index is 388. The summed E-state index contributed by atoms with van der Waals surface area (Å²) in [6.07, 6.45) is 0. The van der Waals surface area contributed by atoms with E-state index in [0.29, 0.717) is 52.9 Å². The molecular formula is C20H34N2O4. The Balaban J connectivity index is 2.37. The highest BCUT2D eigenvalue weighted by Crippen LogP contribution is 1.93. The first-order valence-corrected chi connectivity index (χ1v) is 9.41. The van der Waals surface area contributed by atoms with Crippen LogP contribution in [0.2, 0.25) is 0 Å². The van der Waals surface area contributed by atoms with E-state index in [1.165, 1.54) is 0 Å². The second kappa shape index (κ2) is 17.3. The molecule has 6 nitrogen and oxygen atoms in total. The van der Waals surface area contributed by atoms with Crippen LogP contribution in [0.3, 0.4) is 0 Å². The molecule has 148 valence electrons. The SMILES string of the molecule is CC#CCN1CCOCCOCCN(CC#CC)CCOCCOCC1. The van der Waals surface area contributed by atoms with Gasteiger partial charge in [-0.25, -0.2) is 0 Å². The van der Waals surface area contributed by atoms with Crippen molar-refractivity contribution in [3.8, 4) is 23.7 Å². The highest BCUT2D eigenvalue weighted by atomic mass is 16.5. The zero-order valence-electron chi connectivity index (χ0n) is 16.4. The van der Waals surface area contributed by atoms with Crippen molar-refractivity contribution in [3.05, 3.63) is 0 Å². The summed E-state index contributed by atoms with van der Waals surface area (Å²) in [6.45, 7) is 13.7. The molecule has 0 bridgehead atoms. The quantitative estimate of drug-likeness (QED) is 0.671. The van der Waals surface area contributed by atoms with Crippen molar-refractivity contribution in [1.82, 2.24) is 9.80 Å². The second-order valence-corrected chi connectivity index (χ2v) is 5.86. The molecule has 1 aliphatic heterocycles. The molecule has 26 heavy (non-hydrogen) atoms. The number of hydrogen-bond donors (Lipinski definition) is 0. The van der Waals surface area contributed by atoms with Gasteiger partial charge in [0.1, 0.15) is 0 Å².